The summed E-state index contributed by atoms with van der Waals surface area (Å²) in [6.07, 6.45) is 0. The molecule has 1 saturated heterocycles. The Labute approximate surface area is 188 Å². The molecule has 2 aromatic carbocycles. The molecule has 1 heterocycles. The highest BCUT2D eigenvalue weighted by Crippen LogP contribution is 2.20. The van der Waals surface area contributed by atoms with Crippen molar-refractivity contribution in [2.75, 3.05) is 43.9 Å². The lowest BCUT2D eigenvalue weighted by atomic mass is 10.1. The number of benzene rings is 2. The predicted octanol–water partition coefficient (Wildman–Crippen LogP) is 3.06. The van der Waals surface area contributed by atoms with Crippen LogP contribution in [0.1, 0.15) is 17.3 Å². The van der Waals surface area contributed by atoms with E-state index in [4.69, 9.17) is 12.2 Å². The van der Waals surface area contributed by atoms with Gasteiger partial charge in [-0.3, -0.25) is 4.79 Å². The van der Waals surface area contributed by atoms with Crippen molar-refractivity contribution in [3.05, 3.63) is 54.1 Å². The standard InChI is InChI=1S/C20H24N4O3S2.ClH/c1-15(25)16-4-3-5-18(14-16)22-20(28)21-17-6-8-19(9-7-17)29(26,27)24-12-10-23(2)11-13-24;/h3-9,14H,10-13H2,1-2H3,(H2,21,22,28);1H. The van der Waals surface area contributed by atoms with Gasteiger partial charge in [0.25, 0.3) is 0 Å². The molecule has 0 unspecified atom stereocenters. The molecule has 162 valence electrons. The molecule has 0 amide bonds. The van der Waals surface area contributed by atoms with Crippen LogP contribution in [0.4, 0.5) is 11.4 Å². The number of carbonyl (C=O) groups is 1. The summed E-state index contributed by atoms with van der Waals surface area (Å²) in [6.45, 7) is 3.94. The van der Waals surface area contributed by atoms with Gasteiger partial charge in [0.2, 0.25) is 10.0 Å². The van der Waals surface area contributed by atoms with Gasteiger partial charge in [-0.25, -0.2) is 8.42 Å². The maximum atomic E-state index is 12.8. The normalized spacial score (nSPS) is 15.1. The number of thiocarbonyl (C=S) groups is 1. The zero-order valence-electron chi connectivity index (χ0n) is 16.8. The van der Waals surface area contributed by atoms with Crippen molar-refractivity contribution >= 4 is 56.9 Å². The van der Waals surface area contributed by atoms with E-state index < -0.39 is 10.0 Å². The van der Waals surface area contributed by atoms with Crippen molar-refractivity contribution in [2.45, 2.75) is 11.8 Å². The van der Waals surface area contributed by atoms with Crippen molar-refractivity contribution in [1.82, 2.24) is 9.21 Å². The first kappa shape index (κ1) is 24.2. The maximum Gasteiger partial charge on any atom is 0.243 e. The summed E-state index contributed by atoms with van der Waals surface area (Å²) >= 11 is 5.31. The van der Waals surface area contributed by atoms with E-state index in [1.165, 1.54) is 11.2 Å². The zero-order chi connectivity index (χ0) is 21.0. The summed E-state index contributed by atoms with van der Waals surface area (Å²) < 4.78 is 27.1. The highest BCUT2D eigenvalue weighted by Gasteiger charge is 2.27. The number of halogens is 1. The lowest BCUT2D eigenvalue weighted by molar-refractivity contribution is 0.101. The second-order valence-electron chi connectivity index (χ2n) is 6.95. The molecular formula is C20H25ClN4O3S2. The minimum Gasteiger partial charge on any atom is -0.332 e. The fourth-order valence-corrected chi connectivity index (χ4v) is 4.66. The van der Waals surface area contributed by atoms with Gasteiger partial charge in [0.1, 0.15) is 0 Å². The van der Waals surface area contributed by atoms with Crippen LogP contribution in [0.15, 0.2) is 53.4 Å². The van der Waals surface area contributed by atoms with Crippen LogP contribution in [0.25, 0.3) is 0 Å². The van der Waals surface area contributed by atoms with Gasteiger partial charge in [-0.1, -0.05) is 12.1 Å². The first-order valence-electron chi connectivity index (χ1n) is 9.23. The zero-order valence-corrected chi connectivity index (χ0v) is 19.2. The predicted molar refractivity (Wildman–Crippen MR) is 126 cm³/mol. The highest BCUT2D eigenvalue weighted by atomic mass is 35.5. The minimum atomic E-state index is -3.49. The van der Waals surface area contributed by atoms with Crippen LogP contribution in [0.3, 0.4) is 0 Å². The van der Waals surface area contributed by atoms with Crippen LogP contribution in [0.5, 0.6) is 0 Å². The number of sulfonamides is 1. The van der Waals surface area contributed by atoms with Gasteiger partial charge in [0.05, 0.1) is 4.90 Å². The van der Waals surface area contributed by atoms with E-state index in [1.807, 2.05) is 13.1 Å². The lowest BCUT2D eigenvalue weighted by Gasteiger charge is -2.31. The Morgan fingerprint density at radius 3 is 2.17 bits per heavy atom. The molecule has 0 bridgehead atoms. The maximum absolute atomic E-state index is 12.8. The van der Waals surface area contributed by atoms with Gasteiger partial charge in [0.15, 0.2) is 10.9 Å². The molecule has 3 rings (SSSR count). The van der Waals surface area contributed by atoms with Crippen LogP contribution in [-0.2, 0) is 10.0 Å². The third-order valence-electron chi connectivity index (χ3n) is 4.74. The molecular weight excluding hydrogens is 444 g/mol. The topological polar surface area (TPSA) is 81.8 Å². The Balaban J connectivity index is 0.00000320. The van der Waals surface area contributed by atoms with E-state index in [0.29, 0.717) is 35.1 Å². The number of nitrogens with one attached hydrogen (secondary N) is 2. The molecule has 0 aliphatic carbocycles. The molecule has 0 spiro atoms. The second kappa shape index (κ2) is 10.3. The van der Waals surface area contributed by atoms with E-state index in [0.717, 1.165) is 13.1 Å². The van der Waals surface area contributed by atoms with Gasteiger partial charge in [-0.05, 0) is 62.6 Å². The van der Waals surface area contributed by atoms with Crippen LogP contribution in [0.2, 0.25) is 0 Å². The minimum absolute atomic E-state index is 0. The quantitative estimate of drug-likeness (QED) is 0.515. The Hall–Kier alpha value is -2.04. The number of likely N-dealkylation sites (N-methyl/N-ethyl adjacent to an activating group) is 1. The van der Waals surface area contributed by atoms with Crippen LogP contribution < -0.4 is 10.6 Å². The Morgan fingerprint density at radius 1 is 0.967 bits per heavy atom. The molecule has 2 N–H and O–H groups in total. The molecule has 7 nitrogen and oxygen atoms in total. The summed E-state index contributed by atoms with van der Waals surface area (Å²) in [5.41, 5.74) is 1.96. The number of anilines is 2. The van der Waals surface area contributed by atoms with E-state index in [9.17, 15) is 13.2 Å². The number of rotatable bonds is 5. The number of ketones is 1. The summed E-state index contributed by atoms with van der Waals surface area (Å²) in [5, 5.41) is 6.39. The van der Waals surface area contributed by atoms with E-state index in [-0.39, 0.29) is 23.1 Å². The second-order valence-corrected chi connectivity index (χ2v) is 9.29. The largest absolute Gasteiger partial charge is 0.332 e. The summed E-state index contributed by atoms with van der Waals surface area (Å²) in [7, 11) is -1.51. The fourth-order valence-electron chi connectivity index (χ4n) is 3.00. The average Bonchev–Trinajstić information content (AvgIpc) is 2.69. The number of Topliss-reactive ketones (excluding diaryl/α,β-unsaturated/α-hetero) is 1. The van der Waals surface area contributed by atoms with Crippen molar-refractivity contribution in [1.29, 1.82) is 0 Å². The molecule has 1 fully saturated rings. The number of hydrogen-bond acceptors (Lipinski definition) is 5. The third kappa shape index (κ3) is 5.99. The Bertz CT molecular complexity index is 1000. The van der Waals surface area contributed by atoms with Crippen LogP contribution in [0, 0.1) is 0 Å². The summed E-state index contributed by atoms with van der Waals surface area (Å²) in [5.74, 6) is -0.0234. The number of piperazine rings is 1. The molecule has 0 aromatic heterocycles. The summed E-state index contributed by atoms with van der Waals surface area (Å²) in [4.78, 5) is 13.9. The third-order valence-corrected chi connectivity index (χ3v) is 6.86. The van der Waals surface area contributed by atoms with E-state index >= 15 is 0 Å². The Kier molecular flexibility index (Phi) is 8.34. The lowest BCUT2D eigenvalue weighted by Crippen LogP contribution is -2.46. The van der Waals surface area contributed by atoms with Crippen molar-refractivity contribution in [2.24, 2.45) is 0 Å². The molecule has 1 aliphatic rings. The van der Waals surface area contributed by atoms with Crippen molar-refractivity contribution in [3.63, 3.8) is 0 Å². The number of hydrogen-bond donors (Lipinski definition) is 2. The van der Waals surface area contributed by atoms with E-state index in [1.54, 1.807) is 42.5 Å². The van der Waals surface area contributed by atoms with Crippen LogP contribution >= 0.6 is 24.6 Å². The fraction of sp³-hybridized carbons (Fsp3) is 0.300. The first-order valence-corrected chi connectivity index (χ1v) is 11.1. The first-order chi connectivity index (χ1) is 13.8. The van der Waals surface area contributed by atoms with Crippen molar-refractivity contribution < 1.29 is 13.2 Å². The van der Waals surface area contributed by atoms with Crippen LogP contribution in [-0.4, -0.2) is 61.7 Å². The van der Waals surface area contributed by atoms with Gasteiger partial charge in [-0.2, -0.15) is 4.31 Å². The van der Waals surface area contributed by atoms with E-state index in [2.05, 4.69) is 15.5 Å². The molecule has 0 saturated carbocycles. The monoisotopic (exact) mass is 468 g/mol. The molecule has 0 atom stereocenters. The van der Waals surface area contributed by atoms with Gasteiger partial charge >= 0.3 is 0 Å². The summed E-state index contributed by atoms with van der Waals surface area (Å²) in [6, 6.07) is 13.6. The SMILES string of the molecule is CC(=O)c1cccc(NC(=S)Nc2ccc(S(=O)(=O)N3CCN(C)CC3)cc2)c1.Cl. The van der Waals surface area contributed by atoms with Gasteiger partial charge in [0, 0.05) is 43.1 Å². The smallest absolute Gasteiger partial charge is 0.243 e. The van der Waals surface area contributed by atoms with Crippen molar-refractivity contribution in [3.8, 4) is 0 Å². The molecule has 1 aliphatic heterocycles. The molecule has 30 heavy (non-hydrogen) atoms. The van der Waals surface area contributed by atoms with Gasteiger partial charge in [-0.15, -0.1) is 12.4 Å². The molecule has 10 heteroatoms. The Morgan fingerprint density at radius 2 is 1.57 bits per heavy atom. The highest BCUT2D eigenvalue weighted by molar-refractivity contribution is 7.89. The molecule has 2 aromatic rings. The average molecular weight is 469 g/mol. The number of carbonyl (C=O) groups excluding carboxylic acids is 1. The number of nitrogens with zero attached hydrogens (tertiary/aromatic N) is 2. The molecule has 0 radical (unpaired) electrons. The van der Waals surface area contributed by atoms with Gasteiger partial charge < -0.3 is 15.5 Å².